The molecule has 0 bridgehead atoms. The van der Waals surface area contributed by atoms with Gasteiger partial charge in [0.2, 0.25) is 0 Å². The summed E-state index contributed by atoms with van der Waals surface area (Å²) in [5.74, 6) is 3.59. The third-order valence-corrected chi connectivity index (χ3v) is 5.22. The molecule has 0 spiro atoms. The Hall–Kier alpha value is -0.990. The van der Waals surface area contributed by atoms with E-state index in [2.05, 4.69) is 11.5 Å². The number of nitrogens with two attached hydrogens (primary N) is 1. The highest BCUT2D eigenvalue weighted by molar-refractivity contribution is 5.42. The molecule has 20 heavy (non-hydrogen) atoms. The average molecular weight is 275 g/mol. The Balaban J connectivity index is 1.91. The average Bonchev–Trinajstić information content (AvgIpc) is 3.10. The maximum Gasteiger partial charge on any atom is 0.127 e. The summed E-state index contributed by atoms with van der Waals surface area (Å²) >= 11 is 0. The van der Waals surface area contributed by atoms with Crippen molar-refractivity contribution in [3.8, 4) is 0 Å². The third-order valence-electron chi connectivity index (χ3n) is 5.22. The largest absolute Gasteiger partial charge is 0.384 e. The van der Waals surface area contributed by atoms with E-state index in [4.69, 9.17) is 10.7 Å². The zero-order valence-corrected chi connectivity index (χ0v) is 12.9. The summed E-state index contributed by atoms with van der Waals surface area (Å²) in [7, 11) is 0. The fraction of sp³-hybridized carbons (Fsp3) is 0.824. The normalized spacial score (nSPS) is 21.6. The standard InChI is InChI=1S/C17H29N3/c1-2-12-20-16(18)15(13-8-6-7-9-13)19-17(20)14-10-4-3-5-11-14/h13-14H,2-12,18H2,1H3. The summed E-state index contributed by atoms with van der Waals surface area (Å²) in [6, 6.07) is 0. The fourth-order valence-electron chi connectivity index (χ4n) is 4.13. The summed E-state index contributed by atoms with van der Waals surface area (Å²) in [5, 5.41) is 0. The topological polar surface area (TPSA) is 43.8 Å². The minimum atomic E-state index is 0.635. The minimum absolute atomic E-state index is 0.635. The molecule has 3 rings (SSSR count). The van der Waals surface area contributed by atoms with Crippen LogP contribution in [0.15, 0.2) is 0 Å². The monoisotopic (exact) mass is 275 g/mol. The smallest absolute Gasteiger partial charge is 0.127 e. The number of hydrogen-bond donors (Lipinski definition) is 1. The first-order chi connectivity index (χ1) is 9.81. The molecule has 0 aromatic carbocycles. The van der Waals surface area contributed by atoms with E-state index in [0.29, 0.717) is 11.8 Å². The van der Waals surface area contributed by atoms with Gasteiger partial charge in [-0.05, 0) is 32.1 Å². The Morgan fingerprint density at radius 3 is 2.25 bits per heavy atom. The van der Waals surface area contributed by atoms with Crippen LogP contribution in [0.4, 0.5) is 5.82 Å². The highest BCUT2D eigenvalue weighted by Crippen LogP contribution is 2.40. The van der Waals surface area contributed by atoms with Gasteiger partial charge < -0.3 is 10.3 Å². The van der Waals surface area contributed by atoms with Crippen LogP contribution in [0.5, 0.6) is 0 Å². The maximum atomic E-state index is 6.48. The van der Waals surface area contributed by atoms with Crippen molar-refractivity contribution in [2.24, 2.45) is 0 Å². The lowest BCUT2D eigenvalue weighted by atomic mass is 9.88. The van der Waals surface area contributed by atoms with Crippen LogP contribution in [0.2, 0.25) is 0 Å². The summed E-state index contributed by atoms with van der Waals surface area (Å²) < 4.78 is 2.35. The lowest BCUT2D eigenvalue weighted by Crippen LogP contribution is -2.13. The number of nitrogens with zero attached hydrogens (tertiary/aromatic N) is 2. The van der Waals surface area contributed by atoms with Crippen molar-refractivity contribution in [3.05, 3.63) is 11.5 Å². The van der Waals surface area contributed by atoms with Gasteiger partial charge in [0.25, 0.3) is 0 Å². The van der Waals surface area contributed by atoms with E-state index in [-0.39, 0.29) is 0 Å². The molecular formula is C17H29N3. The van der Waals surface area contributed by atoms with Crippen molar-refractivity contribution in [3.63, 3.8) is 0 Å². The number of aromatic nitrogens is 2. The van der Waals surface area contributed by atoms with Crippen molar-refractivity contribution >= 4 is 5.82 Å². The second-order valence-electron chi connectivity index (χ2n) is 6.71. The molecular weight excluding hydrogens is 246 g/mol. The van der Waals surface area contributed by atoms with E-state index in [9.17, 15) is 0 Å². The number of hydrogen-bond acceptors (Lipinski definition) is 2. The lowest BCUT2D eigenvalue weighted by Gasteiger charge is -2.22. The number of nitrogen functional groups attached to an aromatic ring is 1. The minimum Gasteiger partial charge on any atom is -0.384 e. The Kier molecular flexibility index (Phi) is 4.32. The Morgan fingerprint density at radius 1 is 1.00 bits per heavy atom. The Morgan fingerprint density at radius 2 is 1.60 bits per heavy atom. The first-order valence-corrected chi connectivity index (χ1v) is 8.67. The molecule has 1 heterocycles. The molecule has 2 aliphatic rings. The van der Waals surface area contributed by atoms with Crippen LogP contribution in [0.3, 0.4) is 0 Å². The Labute approximate surface area is 123 Å². The van der Waals surface area contributed by atoms with E-state index >= 15 is 0 Å². The third kappa shape index (κ3) is 2.59. The summed E-state index contributed by atoms with van der Waals surface area (Å²) in [6.07, 6.45) is 13.2. The molecule has 2 aliphatic carbocycles. The second-order valence-corrected chi connectivity index (χ2v) is 6.71. The van der Waals surface area contributed by atoms with Crippen molar-refractivity contribution in [1.82, 2.24) is 9.55 Å². The van der Waals surface area contributed by atoms with Gasteiger partial charge in [-0.2, -0.15) is 0 Å². The summed E-state index contributed by atoms with van der Waals surface area (Å²) in [5.41, 5.74) is 7.71. The first kappa shape index (κ1) is 14.0. The zero-order valence-electron chi connectivity index (χ0n) is 12.9. The van der Waals surface area contributed by atoms with Crippen molar-refractivity contribution < 1.29 is 0 Å². The Bertz CT molecular complexity index is 437. The maximum absolute atomic E-state index is 6.48. The van der Waals surface area contributed by atoms with Crippen LogP contribution in [0, 0.1) is 0 Å². The molecule has 3 nitrogen and oxygen atoms in total. The molecule has 2 fully saturated rings. The van der Waals surface area contributed by atoms with E-state index < -0.39 is 0 Å². The van der Waals surface area contributed by atoms with Gasteiger partial charge in [0, 0.05) is 18.4 Å². The highest BCUT2D eigenvalue weighted by atomic mass is 15.1. The molecule has 0 radical (unpaired) electrons. The molecule has 1 aromatic heterocycles. The van der Waals surface area contributed by atoms with E-state index in [1.54, 1.807) is 0 Å². The molecule has 0 aliphatic heterocycles. The van der Waals surface area contributed by atoms with Gasteiger partial charge in [-0.25, -0.2) is 4.98 Å². The predicted molar refractivity (Wildman–Crippen MR) is 84.0 cm³/mol. The lowest BCUT2D eigenvalue weighted by molar-refractivity contribution is 0.414. The van der Waals surface area contributed by atoms with Gasteiger partial charge in [0.15, 0.2) is 0 Å². The van der Waals surface area contributed by atoms with E-state index in [1.807, 2.05) is 0 Å². The SMILES string of the molecule is CCCn1c(C2CCCCC2)nc(C2CCCC2)c1N. The van der Waals surface area contributed by atoms with Crippen LogP contribution in [-0.4, -0.2) is 9.55 Å². The molecule has 1 aromatic rings. The second kappa shape index (κ2) is 6.19. The summed E-state index contributed by atoms with van der Waals surface area (Å²) in [6.45, 7) is 3.27. The van der Waals surface area contributed by atoms with E-state index in [1.165, 1.54) is 69.3 Å². The molecule has 2 saturated carbocycles. The van der Waals surface area contributed by atoms with Crippen LogP contribution in [-0.2, 0) is 6.54 Å². The number of anilines is 1. The fourth-order valence-corrected chi connectivity index (χ4v) is 4.13. The zero-order chi connectivity index (χ0) is 13.9. The molecule has 3 heteroatoms. The van der Waals surface area contributed by atoms with Crippen LogP contribution in [0.25, 0.3) is 0 Å². The van der Waals surface area contributed by atoms with E-state index in [0.717, 1.165) is 18.8 Å². The first-order valence-electron chi connectivity index (χ1n) is 8.67. The molecule has 112 valence electrons. The van der Waals surface area contributed by atoms with Gasteiger partial charge >= 0.3 is 0 Å². The molecule has 0 unspecified atom stereocenters. The van der Waals surface area contributed by atoms with Crippen LogP contribution >= 0.6 is 0 Å². The molecule has 0 saturated heterocycles. The van der Waals surface area contributed by atoms with Crippen molar-refractivity contribution in [2.75, 3.05) is 5.73 Å². The van der Waals surface area contributed by atoms with Gasteiger partial charge in [-0.15, -0.1) is 0 Å². The number of imidazole rings is 1. The van der Waals surface area contributed by atoms with Crippen LogP contribution in [0.1, 0.15) is 94.5 Å². The van der Waals surface area contributed by atoms with Crippen molar-refractivity contribution in [2.45, 2.75) is 89.5 Å². The van der Waals surface area contributed by atoms with Gasteiger partial charge in [-0.3, -0.25) is 0 Å². The predicted octanol–water partition coefficient (Wildman–Crippen LogP) is 4.58. The van der Waals surface area contributed by atoms with Gasteiger partial charge in [0.05, 0.1) is 5.69 Å². The molecule has 0 atom stereocenters. The quantitative estimate of drug-likeness (QED) is 0.874. The summed E-state index contributed by atoms with van der Waals surface area (Å²) in [4.78, 5) is 5.07. The van der Waals surface area contributed by atoms with Gasteiger partial charge in [-0.1, -0.05) is 39.0 Å². The van der Waals surface area contributed by atoms with Crippen LogP contribution < -0.4 is 5.73 Å². The highest BCUT2D eigenvalue weighted by Gasteiger charge is 2.28. The molecule has 0 amide bonds. The van der Waals surface area contributed by atoms with Crippen molar-refractivity contribution in [1.29, 1.82) is 0 Å². The van der Waals surface area contributed by atoms with Gasteiger partial charge in [0.1, 0.15) is 11.6 Å². The molecule has 2 N–H and O–H groups in total. The number of rotatable bonds is 4.